The van der Waals surface area contributed by atoms with Crippen LogP contribution in [0.1, 0.15) is 25.1 Å². The lowest BCUT2D eigenvalue weighted by atomic mass is 10.0. The first-order valence-electron chi connectivity index (χ1n) is 12.9. The minimum absolute atomic E-state index is 0.0864. The Kier molecular flexibility index (Phi) is 8.69. The molecule has 0 aliphatic carbocycles. The maximum absolute atomic E-state index is 15.3. The van der Waals surface area contributed by atoms with Gasteiger partial charge in [0.1, 0.15) is 12.4 Å². The van der Waals surface area contributed by atoms with Crippen LogP contribution < -0.4 is 10.0 Å². The fourth-order valence-electron chi connectivity index (χ4n) is 4.50. The SMILES string of the molecule is CCOCCC(c1ccc(-c2c(-n3cnnn3)ccc(Cl)c2F)c[n+]1[O-])n1cc(-c2ccc(NC(=O)OC)cc2)cn1. The zero-order chi connectivity index (χ0) is 29.6. The lowest BCUT2D eigenvalue weighted by Crippen LogP contribution is -2.36. The van der Waals surface area contributed by atoms with Crippen molar-refractivity contribution in [2.24, 2.45) is 0 Å². The number of pyridine rings is 1. The Morgan fingerprint density at radius 2 is 1.93 bits per heavy atom. The molecule has 1 unspecified atom stereocenters. The van der Waals surface area contributed by atoms with E-state index < -0.39 is 18.0 Å². The maximum atomic E-state index is 15.3. The molecule has 1 N–H and O–H groups in total. The number of ether oxygens (including phenoxy) is 2. The van der Waals surface area contributed by atoms with E-state index in [4.69, 9.17) is 16.3 Å². The Balaban J connectivity index is 1.48. The van der Waals surface area contributed by atoms with E-state index in [1.165, 1.54) is 30.4 Å². The zero-order valence-corrected chi connectivity index (χ0v) is 23.4. The molecule has 1 amide bonds. The number of carbonyl (C=O) groups excluding carboxylic acids is 1. The number of benzene rings is 2. The number of aromatic nitrogens is 7. The molecule has 0 radical (unpaired) electrons. The van der Waals surface area contributed by atoms with Crippen molar-refractivity contribution >= 4 is 23.4 Å². The van der Waals surface area contributed by atoms with Gasteiger partial charge in [0.15, 0.2) is 12.0 Å². The Hall–Kier alpha value is -4.88. The molecule has 0 fully saturated rings. The first kappa shape index (κ1) is 28.6. The van der Waals surface area contributed by atoms with Gasteiger partial charge in [0.05, 0.1) is 35.1 Å². The fraction of sp³-hybridized carbons (Fsp3) is 0.214. The van der Waals surface area contributed by atoms with Gasteiger partial charge in [0.25, 0.3) is 0 Å². The number of nitrogens with zero attached hydrogens (tertiary/aromatic N) is 7. The van der Waals surface area contributed by atoms with Crippen molar-refractivity contribution in [3.05, 3.63) is 95.2 Å². The molecule has 0 aliphatic rings. The van der Waals surface area contributed by atoms with Gasteiger partial charge in [0, 0.05) is 43.1 Å². The van der Waals surface area contributed by atoms with Crippen molar-refractivity contribution in [1.29, 1.82) is 0 Å². The average Bonchev–Trinajstić information content (AvgIpc) is 3.71. The monoisotopic (exact) mass is 592 g/mol. The highest BCUT2D eigenvalue weighted by atomic mass is 35.5. The molecule has 12 nitrogen and oxygen atoms in total. The maximum Gasteiger partial charge on any atom is 0.411 e. The molecule has 0 saturated carbocycles. The van der Waals surface area contributed by atoms with Crippen LogP contribution in [-0.2, 0) is 9.47 Å². The summed E-state index contributed by atoms with van der Waals surface area (Å²) in [6.07, 6.45) is 6.05. The third-order valence-electron chi connectivity index (χ3n) is 6.55. The van der Waals surface area contributed by atoms with Crippen LogP contribution in [0, 0.1) is 11.0 Å². The van der Waals surface area contributed by atoms with Gasteiger partial charge in [0.2, 0.25) is 5.69 Å². The summed E-state index contributed by atoms with van der Waals surface area (Å²) in [5.74, 6) is -0.699. The number of rotatable bonds is 10. The topological polar surface area (TPSA) is 136 Å². The summed E-state index contributed by atoms with van der Waals surface area (Å²) >= 11 is 6.09. The highest BCUT2D eigenvalue weighted by Gasteiger charge is 2.26. The van der Waals surface area contributed by atoms with Crippen molar-refractivity contribution < 1.29 is 23.4 Å². The molecule has 0 bridgehead atoms. The molecule has 3 aromatic heterocycles. The Bertz CT molecular complexity index is 1680. The van der Waals surface area contributed by atoms with Gasteiger partial charge in [-0.05, 0) is 53.2 Å². The molecule has 216 valence electrons. The quantitative estimate of drug-likeness (QED) is 0.139. The lowest BCUT2D eigenvalue weighted by Gasteiger charge is -2.18. The van der Waals surface area contributed by atoms with E-state index in [9.17, 15) is 10.0 Å². The summed E-state index contributed by atoms with van der Waals surface area (Å²) in [6.45, 7) is 2.80. The van der Waals surface area contributed by atoms with E-state index in [-0.39, 0.29) is 10.6 Å². The summed E-state index contributed by atoms with van der Waals surface area (Å²) in [6, 6.07) is 13.0. The van der Waals surface area contributed by atoms with E-state index in [0.717, 1.165) is 11.1 Å². The lowest BCUT2D eigenvalue weighted by molar-refractivity contribution is -0.615. The molecular formula is C28H26ClFN8O4. The Morgan fingerprint density at radius 1 is 1.14 bits per heavy atom. The van der Waals surface area contributed by atoms with Gasteiger partial charge < -0.3 is 14.7 Å². The molecule has 0 saturated heterocycles. The second kappa shape index (κ2) is 12.7. The summed E-state index contributed by atoms with van der Waals surface area (Å²) in [5.41, 5.74) is 3.34. The molecule has 42 heavy (non-hydrogen) atoms. The number of hydrogen-bond acceptors (Lipinski definition) is 8. The zero-order valence-electron chi connectivity index (χ0n) is 22.6. The number of hydrogen-bond donors (Lipinski definition) is 1. The molecular weight excluding hydrogens is 567 g/mol. The van der Waals surface area contributed by atoms with Gasteiger partial charge in [-0.2, -0.15) is 14.5 Å². The smallest absolute Gasteiger partial charge is 0.411 e. The first-order chi connectivity index (χ1) is 20.4. The highest BCUT2D eigenvalue weighted by Crippen LogP contribution is 2.33. The largest absolute Gasteiger partial charge is 0.618 e. The van der Waals surface area contributed by atoms with E-state index >= 15 is 4.39 Å². The number of amides is 1. The second-order valence-corrected chi connectivity index (χ2v) is 9.49. The van der Waals surface area contributed by atoms with Crippen LogP contribution >= 0.6 is 11.6 Å². The van der Waals surface area contributed by atoms with Crippen LogP contribution in [0.4, 0.5) is 14.9 Å². The second-order valence-electron chi connectivity index (χ2n) is 9.08. The standard InChI is InChI=1S/C28H26ClFN8O4/c1-3-42-13-12-23(36-15-20(14-32-36)18-4-7-21(8-5-18)33-28(39)41-2)24-10-6-19(16-38(24)40)26-25(37-17-31-34-35-37)11-9-22(29)27(26)30/h4-11,14-17,23H,3,12-13H2,1-2H3,(H,33,39). The number of anilines is 1. The minimum Gasteiger partial charge on any atom is -0.618 e. The third kappa shape index (κ3) is 6.06. The highest BCUT2D eigenvalue weighted by molar-refractivity contribution is 6.31. The van der Waals surface area contributed by atoms with Crippen LogP contribution in [0.3, 0.4) is 0 Å². The van der Waals surface area contributed by atoms with Crippen molar-refractivity contribution in [1.82, 2.24) is 30.0 Å². The molecule has 14 heteroatoms. The van der Waals surface area contributed by atoms with E-state index in [0.29, 0.717) is 47.0 Å². The van der Waals surface area contributed by atoms with E-state index in [1.807, 2.05) is 25.3 Å². The third-order valence-corrected chi connectivity index (χ3v) is 6.85. The predicted octanol–water partition coefficient (Wildman–Crippen LogP) is 4.81. The van der Waals surface area contributed by atoms with Crippen LogP contribution in [-0.4, -0.2) is 56.4 Å². The molecule has 0 spiro atoms. The van der Waals surface area contributed by atoms with Gasteiger partial charge in [-0.1, -0.05) is 23.7 Å². The van der Waals surface area contributed by atoms with Crippen molar-refractivity contribution in [2.45, 2.75) is 19.4 Å². The van der Waals surface area contributed by atoms with Crippen molar-refractivity contribution in [3.8, 4) is 27.9 Å². The summed E-state index contributed by atoms with van der Waals surface area (Å²) in [7, 11) is 1.29. The van der Waals surface area contributed by atoms with Gasteiger partial charge in [-0.25, -0.2) is 9.18 Å². The number of tetrazole rings is 1. The minimum atomic E-state index is -0.699. The summed E-state index contributed by atoms with van der Waals surface area (Å²) < 4.78 is 29.2. The Labute approximate surface area is 244 Å². The Morgan fingerprint density at radius 3 is 2.62 bits per heavy atom. The van der Waals surface area contributed by atoms with E-state index in [2.05, 4.69) is 30.7 Å². The summed E-state index contributed by atoms with van der Waals surface area (Å²) in [5, 5.41) is 31.6. The number of halogens is 2. The van der Waals surface area contributed by atoms with Crippen molar-refractivity contribution in [3.63, 3.8) is 0 Å². The van der Waals surface area contributed by atoms with Gasteiger partial charge in [-0.3, -0.25) is 10.00 Å². The number of nitrogens with one attached hydrogen (secondary N) is 1. The number of carbonyl (C=O) groups is 1. The van der Waals surface area contributed by atoms with Crippen LogP contribution in [0.25, 0.3) is 27.9 Å². The van der Waals surface area contributed by atoms with Crippen LogP contribution in [0.5, 0.6) is 0 Å². The summed E-state index contributed by atoms with van der Waals surface area (Å²) in [4.78, 5) is 11.5. The van der Waals surface area contributed by atoms with Gasteiger partial charge in [-0.15, -0.1) is 5.10 Å². The fourth-order valence-corrected chi connectivity index (χ4v) is 4.66. The van der Waals surface area contributed by atoms with Crippen LogP contribution in [0.2, 0.25) is 5.02 Å². The molecule has 1 atom stereocenters. The van der Waals surface area contributed by atoms with Crippen molar-refractivity contribution in [2.75, 3.05) is 25.6 Å². The van der Waals surface area contributed by atoms with E-state index in [1.54, 1.807) is 41.2 Å². The average molecular weight is 593 g/mol. The molecule has 5 aromatic rings. The first-order valence-corrected chi connectivity index (χ1v) is 13.3. The van der Waals surface area contributed by atoms with Gasteiger partial charge >= 0.3 is 6.09 Å². The number of methoxy groups -OCH3 is 1. The predicted molar refractivity (Wildman–Crippen MR) is 151 cm³/mol. The molecule has 0 aliphatic heterocycles. The molecule has 3 heterocycles. The van der Waals surface area contributed by atoms with Crippen LogP contribution in [0.15, 0.2) is 73.4 Å². The molecule has 2 aromatic carbocycles. The normalized spacial score (nSPS) is 11.8. The molecule has 5 rings (SSSR count).